The molecular weight excluding hydrogens is 160 g/mol. The predicted octanol–water partition coefficient (Wildman–Crippen LogP) is 2.51. The average Bonchev–Trinajstić information content (AvgIpc) is 2.23. The molecule has 1 heterocycles. The van der Waals surface area contributed by atoms with Gasteiger partial charge in [-0.05, 0) is 20.3 Å². The van der Waals surface area contributed by atoms with Crippen LogP contribution in [0.25, 0.3) is 0 Å². The zero-order chi connectivity index (χ0) is 9.35. The molecule has 1 fully saturated rings. The summed E-state index contributed by atoms with van der Waals surface area (Å²) < 4.78 is 25.8. The smallest absolute Gasteiger partial charge is 0.262 e. The fourth-order valence-electron chi connectivity index (χ4n) is 1.86. The second-order valence-electron chi connectivity index (χ2n) is 3.84. The first-order chi connectivity index (χ1) is 5.46. The van der Waals surface area contributed by atoms with Crippen molar-refractivity contribution in [2.24, 2.45) is 0 Å². The molecule has 0 radical (unpaired) electrons. The number of likely N-dealkylation sites (tertiary alicyclic amines) is 1. The van der Waals surface area contributed by atoms with Gasteiger partial charge in [-0.2, -0.15) is 0 Å². The van der Waals surface area contributed by atoms with E-state index in [-0.39, 0.29) is 25.0 Å². The van der Waals surface area contributed by atoms with Gasteiger partial charge < -0.3 is 0 Å². The van der Waals surface area contributed by atoms with Gasteiger partial charge in [0.15, 0.2) is 0 Å². The molecule has 2 unspecified atom stereocenters. The highest BCUT2D eigenvalue weighted by atomic mass is 19.3. The largest absolute Gasteiger partial charge is 0.292 e. The van der Waals surface area contributed by atoms with E-state index in [1.807, 2.05) is 25.7 Å². The minimum absolute atomic E-state index is 0.0251. The summed E-state index contributed by atoms with van der Waals surface area (Å²) in [6, 6.07) is 0.323. The Balaban J connectivity index is 2.57. The Morgan fingerprint density at radius 1 is 1.58 bits per heavy atom. The maximum atomic E-state index is 12.9. The van der Waals surface area contributed by atoms with Crippen LogP contribution in [-0.2, 0) is 0 Å². The van der Waals surface area contributed by atoms with E-state index in [0.29, 0.717) is 0 Å². The maximum absolute atomic E-state index is 12.9. The van der Waals surface area contributed by atoms with Gasteiger partial charge in [0, 0.05) is 18.5 Å². The highest BCUT2D eigenvalue weighted by Crippen LogP contribution is 2.33. The molecule has 0 saturated carbocycles. The summed E-state index contributed by atoms with van der Waals surface area (Å²) in [5.74, 6) is -2.46. The number of hydrogen-bond acceptors (Lipinski definition) is 1. The van der Waals surface area contributed by atoms with Crippen LogP contribution in [0.15, 0.2) is 0 Å². The molecule has 1 aliphatic heterocycles. The van der Waals surface area contributed by atoms with Crippen LogP contribution < -0.4 is 0 Å². The number of rotatable bonds is 2. The Kier molecular flexibility index (Phi) is 2.71. The Hall–Kier alpha value is -0.180. The standard InChI is InChI=1S/C9H17F2N/c1-4-7(2)12-6-9(10,11)5-8(12)3/h7-8H,4-6H2,1-3H3. The van der Waals surface area contributed by atoms with Crippen molar-refractivity contribution in [3.63, 3.8) is 0 Å². The van der Waals surface area contributed by atoms with Gasteiger partial charge in [0.1, 0.15) is 0 Å². The van der Waals surface area contributed by atoms with Crippen LogP contribution in [-0.4, -0.2) is 29.5 Å². The molecular formula is C9H17F2N. The minimum Gasteiger partial charge on any atom is -0.292 e. The number of alkyl halides is 2. The predicted molar refractivity (Wildman–Crippen MR) is 45.5 cm³/mol. The molecule has 1 saturated heterocycles. The third-order valence-electron chi connectivity index (χ3n) is 2.73. The van der Waals surface area contributed by atoms with Crippen molar-refractivity contribution in [2.45, 2.75) is 51.6 Å². The summed E-state index contributed by atoms with van der Waals surface area (Å²) >= 11 is 0. The number of hydrogen-bond donors (Lipinski definition) is 0. The normalized spacial score (nSPS) is 32.2. The second kappa shape index (κ2) is 3.29. The fraction of sp³-hybridized carbons (Fsp3) is 1.00. The third-order valence-corrected chi connectivity index (χ3v) is 2.73. The van der Waals surface area contributed by atoms with E-state index in [4.69, 9.17) is 0 Å². The summed E-state index contributed by atoms with van der Waals surface area (Å²) in [5, 5.41) is 0. The van der Waals surface area contributed by atoms with Crippen LogP contribution in [0.5, 0.6) is 0 Å². The van der Waals surface area contributed by atoms with Crippen LogP contribution in [0.4, 0.5) is 8.78 Å². The summed E-state index contributed by atoms with van der Waals surface area (Å²) in [5.41, 5.74) is 0. The summed E-state index contributed by atoms with van der Waals surface area (Å²) in [4.78, 5) is 1.90. The first kappa shape index (κ1) is 9.90. The molecule has 2 atom stereocenters. The van der Waals surface area contributed by atoms with Crippen LogP contribution in [0.2, 0.25) is 0 Å². The number of halogens is 2. The monoisotopic (exact) mass is 177 g/mol. The van der Waals surface area contributed by atoms with Crippen molar-refractivity contribution in [3.8, 4) is 0 Å². The third kappa shape index (κ3) is 1.94. The van der Waals surface area contributed by atoms with Gasteiger partial charge in [0.2, 0.25) is 0 Å². The lowest BCUT2D eigenvalue weighted by molar-refractivity contribution is 0.00827. The van der Waals surface area contributed by atoms with Crippen molar-refractivity contribution < 1.29 is 8.78 Å². The van der Waals surface area contributed by atoms with Crippen LogP contribution >= 0.6 is 0 Å². The molecule has 72 valence electrons. The van der Waals surface area contributed by atoms with E-state index in [1.54, 1.807) is 0 Å². The van der Waals surface area contributed by atoms with Crippen LogP contribution in [0.3, 0.4) is 0 Å². The van der Waals surface area contributed by atoms with E-state index in [0.717, 1.165) is 6.42 Å². The molecule has 1 rings (SSSR count). The molecule has 0 N–H and O–H groups in total. The average molecular weight is 177 g/mol. The number of nitrogens with zero attached hydrogens (tertiary/aromatic N) is 1. The molecule has 0 aromatic heterocycles. The Labute approximate surface area is 72.7 Å². The molecule has 0 spiro atoms. The SMILES string of the molecule is CCC(C)N1CC(F)(F)CC1C. The van der Waals surface area contributed by atoms with Gasteiger partial charge in [-0.3, -0.25) is 4.90 Å². The van der Waals surface area contributed by atoms with E-state index < -0.39 is 5.92 Å². The van der Waals surface area contributed by atoms with E-state index in [2.05, 4.69) is 0 Å². The summed E-state index contributed by atoms with van der Waals surface area (Å²) in [6.45, 7) is 5.88. The Morgan fingerprint density at radius 3 is 2.50 bits per heavy atom. The van der Waals surface area contributed by atoms with Crippen molar-refractivity contribution in [3.05, 3.63) is 0 Å². The van der Waals surface area contributed by atoms with Gasteiger partial charge in [0.25, 0.3) is 5.92 Å². The molecule has 0 aromatic rings. The molecule has 0 bridgehead atoms. The zero-order valence-corrected chi connectivity index (χ0v) is 7.98. The van der Waals surface area contributed by atoms with Crippen molar-refractivity contribution >= 4 is 0 Å². The van der Waals surface area contributed by atoms with Gasteiger partial charge >= 0.3 is 0 Å². The van der Waals surface area contributed by atoms with E-state index in [1.165, 1.54) is 0 Å². The molecule has 1 nitrogen and oxygen atoms in total. The highest BCUT2D eigenvalue weighted by molar-refractivity contribution is 4.90. The first-order valence-corrected chi connectivity index (χ1v) is 4.60. The second-order valence-corrected chi connectivity index (χ2v) is 3.84. The fourth-order valence-corrected chi connectivity index (χ4v) is 1.86. The Bertz CT molecular complexity index is 159. The quantitative estimate of drug-likeness (QED) is 0.626. The molecule has 12 heavy (non-hydrogen) atoms. The molecule has 0 amide bonds. The highest BCUT2D eigenvalue weighted by Gasteiger charge is 2.43. The van der Waals surface area contributed by atoms with Crippen molar-refractivity contribution in [1.82, 2.24) is 4.90 Å². The lowest BCUT2D eigenvalue weighted by atomic mass is 10.2. The molecule has 0 aliphatic carbocycles. The lowest BCUT2D eigenvalue weighted by Crippen LogP contribution is -2.36. The van der Waals surface area contributed by atoms with Crippen molar-refractivity contribution in [2.75, 3.05) is 6.54 Å². The van der Waals surface area contributed by atoms with Crippen molar-refractivity contribution in [1.29, 1.82) is 0 Å². The molecule has 0 aromatic carbocycles. The topological polar surface area (TPSA) is 3.24 Å². The molecule has 1 aliphatic rings. The van der Waals surface area contributed by atoms with Gasteiger partial charge in [0.05, 0.1) is 6.54 Å². The lowest BCUT2D eigenvalue weighted by Gasteiger charge is -2.26. The summed E-state index contributed by atoms with van der Waals surface area (Å²) in [6.07, 6.45) is 0.970. The van der Waals surface area contributed by atoms with Gasteiger partial charge in [-0.25, -0.2) is 8.78 Å². The van der Waals surface area contributed by atoms with E-state index in [9.17, 15) is 8.78 Å². The Morgan fingerprint density at radius 2 is 2.17 bits per heavy atom. The zero-order valence-electron chi connectivity index (χ0n) is 7.98. The summed E-state index contributed by atoms with van der Waals surface area (Å²) in [7, 11) is 0. The van der Waals surface area contributed by atoms with Gasteiger partial charge in [-0.15, -0.1) is 0 Å². The van der Waals surface area contributed by atoms with Crippen LogP contribution in [0.1, 0.15) is 33.6 Å². The maximum Gasteiger partial charge on any atom is 0.262 e. The van der Waals surface area contributed by atoms with Gasteiger partial charge in [-0.1, -0.05) is 6.92 Å². The van der Waals surface area contributed by atoms with E-state index >= 15 is 0 Å². The first-order valence-electron chi connectivity index (χ1n) is 4.60. The minimum atomic E-state index is -2.46. The molecule has 3 heteroatoms. The van der Waals surface area contributed by atoms with Crippen LogP contribution in [0, 0.1) is 0 Å².